The summed E-state index contributed by atoms with van der Waals surface area (Å²) < 4.78 is 1.87. The Morgan fingerprint density at radius 3 is 2.55 bits per heavy atom. The second-order valence-electron chi connectivity index (χ2n) is 5.03. The fourth-order valence-electron chi connectivity index (χ4n) is 2.66. The Balaban J connectivity index is 2.08. The molecule has 0 N–H and O–H groups in total. The van der Waals surface area contributed by atoms with Crippen LogP contribution in [0.4, 0.5) is 0 Å². The molecule has 1 fully saturated rings. The molecule has 0 atom stereocenters. The van der Waals surface area contributed by atoms with Crippen LogP contribution >= 0.6 is 43.5 Å². The number of halogens is 3. The van der Waals surface area contributed by atoms with Crippen LogP contribution in [0.3, 0.4) is 0 Å². The molecule has 1 aliphatic carbocycles. The predicted molar refractivity (Wildman–Crippen MR) is 89.1 cm³/mol. The Labute approximate surface area is 140 Å². The van der Waals surface area contributed by atoms with Crippen molar-refractivity contribution in [2.75, 3.05) is 0 Å². The van der Waals surface area contributed by atoms with E-state index in [2.05, 4.69) is 36.8 Å². The smallest absolute Gasteiger partial charge is 0.161 e. The van der Waals surface area contributed by atoms with Crippen molar-refractivity contribution < 1.29 is 0 Å². The summed E-state index contributed by atoms with van der Waals surface area (Å²) in [7, 11) is 0. The van der Waals surface area contributed by atoms with Crippen LogP contribution in [0.5, 0.6) is 0 Å². The van der Waals surface area contributed by atoms with E-state index in [4.69, 9.17) is 16.6 Å². The molecule has 2 nitrogen and oxygen atoms in total. The minimum absolute atomic E-state index is 0.496. The van der Waals surface area contributed by atoms with Crippen LogP contribution in [0.2, 0.25) is 5.15 Å². The van der Waals surface area contributed by atoms with Gasteiger partial charge in [-0.1, -0.05) is 52.5 Å². The molecule has 1 aromatic heterocycles. The summed E-state index contributed by atoms with van der Waals surface area (Å²) in [6.07, 6.45) is 4.91. The van der Waals surface area contributed by atoms with E-state index in [9.17, 15) is 0 Å². The molecular formula is C15H13Br2ClN2. The molecule has 104 valence electrons. The van der Waals surface area contributed by atoms with Crippen molar-refractivity contribution in [1.29, 1.82) is 0 Å². The lowest BCUT2D eigenvalue weighted by Gasteiger charge is -2.13. The van der Waals surface area contributed by atoms with Crippen LogP contribution in [0, 0.1) is 0 Å². The van der Waals surface area contributed by atoms with Crippen LogP contribution in [0.15, 0.2) is 33.2 Å². The van der Waals surface area contributed by atoms with E-state index in [0.29, 0.717) is 16.9 Å². The molecule has 0 unspecified atom stereocenters. The van der Waals surface area contributed by atoms with E-state index in [1.165, 1.54) is 25.7 Å². The zero-order chi connectivity index (χ0) is 14.1. The third kappa shape index (κ3) is 2.92. The number of rotatable bonds is 2. The number of hydrogen-bond donors (Lipinski definition) is 0. The van der Waals surface area contributed by atoms with Crippen molar-refractivity contribution in [2.45, 2.75) is 31.6 Å². The third-order valence-electron chi connectivity index (χ3n) is 3.66. The highest BCUT2D eigenvalue weighted by Crippen LogP contribution is 2.39. The first-order chi connectivity index (χ1) is 9.65. The molecule has 0 aliphatic heterocycles. The maximum absolute atomic E-state index is 6.28. The van der Waals surface area contributed by atoms with E-state index < -0.39 is 0 Å². The molecular weight excluding hydrogens is 403 g/mol. The molecule has 0 amide bonds. The lowest BCUT2D eigenvalue weighted by atomic mass is 10.0. The van der Waals surface area contributed by atoms with Crippen molar-refractivity contribution in [1.82, 2.24) is 9.97 Å². The number of nitrogens with zero attached hydrogens (tertiary/aromatic N) is 2. The van der Waals surface area contributed by atoms with Gasteiger partial charge in [-0.15, -0.1) is 0 Å². The molecule has 1 heterocycles. The molecule has 20 heavy (non-hydrogen) atoms. The summed E-state index contributed by atoms with van der Waals surface area (Å²) >= 11 is 13.3. The van der Waals surface area contributed by atoms with Crippen LogP contribution in [-0.2, 0) is 0 Å². The fourth-order valence-corrected chi connectivity index (χ4v) is 3.74. The molecule has 2 aromatic rings. The van der Waals surface area contributed by atoms with Gasteiger partial charge in [-0.3, -0.25) is 0 Å². The molecule has 0 radical (unpaired) electrons. The molecule has 3 rings (SSSR count). The summed E-state index contributed by atoms with van der Waals surface area (Å²) in [5, 5.41) is 0.497. The zero-order valence-corrected chi connectivity index (χ0v) is 14.7. The lowest BCUT2D eigenvalue weighted by molar-refractivity contribution is 0.691. The van der Waals surface area contributed by atoms with Gasteiger partial charge < -0.3 is 0 Å². The van der Waals surface area contributed by atoms with Gasteiger partial charge in [0.2, 0.25) is 0 Å². The zero-order valence-electron chi connectivity index (χ0n) is 10.7. The number of benzene rings is 1. The van der Waals surface area contributed by atoms with E-state index >= 15 is 0 Å². The third-order valence-corrected chi connectivity index (χ3v) is 5.44. The highest BCUT2D eigenvalue weighted by molar-refractivity contribution is 9.10. The summed E-state index contributed by atoms with van der Waals surface area (Å²) in [6.45, 7) is 0. The summed E-state index contributed by atoms with van der Waals surface area (Å²) in [4.78, 5) is 9.17. The first-order valence-electron chi connectivity index (χ1n) is 6.64. The van der Waals surface area contributed by atoms with Crippen molar-refractivity contribution in [2.24, 2.45) is 0 Å². The Hall–Kier alpha value is -0.450. The molecule has 1 aromatic carbocycles. The molecule has 0 saturated heterocycles. The van der Waals surface area contributed by atoms with Gasteiger partial charge in [0.15, 0.2) is 5.82 Å². The van der Waals surface area contributed by atoms with Gasteiger partial charge in [0.1, 0.15) is 5.15 Å². The van der Waals surface area contributed by atoms with Crippen molar-refractivity contribution in [3.05, 3.63) is 44.1 Å². The maximum Gasteiger partial charge on any atom is 0.161 e. The maximum atomic E-state index is 6.28. The first-order valence-corrected chi connectivity index (χ1v) is 8.60. The molecule has 5 heteroatoms. The second-order valence-corrected chi connectivity index (χ2v) is 7.10. The summed E-state index contributed by atoms with van der Waals surface area (Å²) in [5.41, 5.74) is 2.03. The molecule has 0 bridgehead atoms. The Bertz CT molecular complexity index is 640. The summed E-state index contributed by atoms with van der Waals surface area (Å²) in [5.74, 6) is 1.19. The quantitative estimate of drug-likeness (QED) is 0.563. The van der Waals surface area contributed by atoms with Gasteiger partial charge in [-0.2, -0.15) is 0 Å². The van der Waals surface area contributed by atoms with Crippen molar-refractivity contribution >= 4 is 43.5 Å². The minimum Gasteiger partial charge on any atom is -0.231 e. The summed E-state index contributed by atoms with van der Waals surface area (Å²) in [6, 6.07) is 7.98. The van der Waals surface area contributed by atoms with E-state index in [0.717, 1.165) is 20.2 Å². The molecule has 1 aliphatic rings. The number of aromatic nitrogens is 2. The average Bonchev–Trinajstić information content (AvgIpc) is 2.95. The van der Waals surface area contributed by atoms with Crippen LogP contribution in [-0.4, -0.2) is 9.97 Å². The minimum atomic E-state index is 0.496. The predicted octanol–water partition coefficient (Wildman–Crippen LogP) is 5.98. The highest BCUT2D eigenvalue weighted by atomic mass is 79.9. The van der Waals surface area contributed by atoms with Gasteiger partial charge in [-0.05, 0) is 40.9 Å². The monoisotopic (exact) mass is 414 g/mol. The van der Waals surface area contributed by atoms with Crippen LogP contribution in [0.1, 0.15) is 37.3 Å². The Morgan fingerprint density at radius 1 is 1.10 bits per heavy atom. The van der Waals surface area contributed by atoms with Gasteiger partial charge in [0.05, 0.1) is 10.2 Å². The SMILES string of the molecule is Clc1nc(-c2cccc(Br)c2)nc(C2CCCC2)c1Br. The van der Waals surface area contributed by atoms with E-state index in [1.54, 1.807) is 0 Å². The van der Waals surface area contributed by atoms with Crippen molar-refractivity contribution in [3.8, 4) is 11.4 Å². The van der Waals surface area contributed by atoms with Gasteiger partial charge in [0.25, 0.3) is 0 Å². The van der Waals surface area contributed by atoms with Crippen molar-refractivity contribution in [3.63, 3.8) is 0 Å². The lowest BCUT2D eigenvalue weighted by Crippen LogP contribution is -2.02. The van der Waals surface area contributed by atoms with Gasteiger partial charge in [0, 0.05) is 16.0 Å². The van der Waals surface area contributed by atoms with Gasteiger partial charge >= 0.3 is 0 Å². The highest BCUT2D eigenvalue weighted by Gasteiger charge is 2.23. The van der Waals surface area contributed by atoms with Crippen LogP contribution < -0.4 is 0 Å². The van der Waals surface area contributed by atoms with Gasteiger partial charge in [-0.25, -0.2) is 9.97 Å². The largest absolute Gasteiger partial charge is 0.231 e. The standard InChI is InChI=1S/C15H13Br2ClN2/c16-11-7-3-6-10(8-11)15-19-13(9-4-1-2-5-9)12(17)14(18)20-15/h3,6-9H,1-2,4-5H2. The molecule has 0 spiro atoms. The number of hydrogen-bond acceptors (Lipinski definition) is 2. The second kappa shape index (κ2) is 6.12. The first kappa shape index (κ1) is 14.5. The Kier molecular flexibility index (Phi) is 4.43. The fraction of sp³-hybridized carbons (Fsp3) is 0.333. The van der Waals surface area contributed by atoms with Crippen LogP contribution in [0.25, 0.3) is 11.4 Å². The Morgan fingerprint density at radius 2 is 1.85 bits per heavy atom. The topological polar surface area (TPSA) is 25.8 Å². The van der Waals surface area contributed by atoms with E-state index in [-0.39, 0.29) is 0 Å². The normalized spacial score (nSPS) is 15.8. The van der Waals surface area contributed by atoms with E-state index in [1.807, 2.05) is 24.3 Å². The average molecular weight is 417 g/mol. The molecule has 1 saturated carbocycles.